The largest absolute Gasteiger partial charge is 0.393 e. The molecule has 1 unspecified atom stereocenters. The minimum Gasteiger partial charge on any atom is -0.393 e. The van der Waals surface area contributed by atoms with Gasteiger partial charge in [-0.1, -0.05) is 53.4 Å². The monoisotopic (exact) mass is 200 g/mol. The van der Waals surface area contributed by atoms with Gasteiger partial charge in [0.15, 0.2) is 0 Å². The number of rotatable bonds is 8. The van der Waals surface area contributed by atoms with Crippen molar-refractivity contribution in [2.75, 3.05) is 0 Å². The molecule has 0 aromatic carbocycles. The first-order chi connectivity index (χ1) is 6.64. The predicted molar refractivity (Wildman–Crippen MR) is 63.5 cm³/mol. The lowest BCUT2D eigenvalue weighted by Gasteiger charge is -2.30. The van der Waals surface area contributed by atoms with Crippen LogP contribution in [0.3, 0.4) is 0 Å². The van der Waals surface area contributed by atoms with Crippen LogP contribution in [0.1, 0.15) is 72.6 Å². The summed E-state index contributed by atoms with van der Waals surface area (Å²) < 4.78 is 0. The molecule has 0 radical (unpaired) electrons. The number of hydrogen-bond acceptors (Lipinski definition) is 1. The predicted octanol–water partition coefficient (Wildman–Crippen LogP) is 4.14. The van der Waals surface area contributed by atoms with Crippen LogP contribution in [0.4, 0.5) is 0 Å². The maximum atomic E-state index is 9.47. The minimum atomic E-state index is -0.0710. The van der Waals surface area contributed by atoms with E-state index in [1.54, 1.807) is 0 Å². The molecule has 0 spiro atoms. The number of hydrogen-bond donors (Lipinski definition) is 1. The SMILES string of the molecule is CCC(O)CCCC(CC)(CC)CC. The van der Waals surface area contributed by atoms with Crippen molar-refractivity contribution >= 4 is 0 Å². The second-order valence-corrected chi connectivity index (χ2v) is 4.51. The zero-order chi connectivity index (χ0) is 11.0. The van der Waals surface area contributed by atoms with E-state index in [-0.39, 0.29) is 6.10 Å². The van der Waals surface area contributed by atoms with E-state index < -0.39 is 0 Å². The Bertz CT molecular complexity index is 119. The van der Waals surface area contributed by atoms with E-state index in [9.17, 15) is 5.11 Å². The fourth-order valence-electron chi connectivity index (χ4n) is 2.20. The maximum Gasteiger partial charge on any atom is 0.0537 e. The zero-order valence-corrected chi connectivity index (χ0v) is 10.5. The van der Waals surface area contributed by atoms with Gasteiger partial charge >= 0.3 is 0 Å². The normalized spacial score (nSPS) is 14.4. The highest BCUT2D eigenvalue weighted by molar-refractivity contribution is 4.75. The van der Waals surface area contributed by atoms with Crippen LogP contribution in [0.25, 0.3) is 0 Å². The van der Waals surface area contributed by atoms with Crippen molar-refractivity contribution in [2.45, 2.75) is 78.7 Å². The van der Waals surface area contributed by atoms with Gasteiger partial charge in [0.25, 0.3) is 0 Å². The third-order valence-corrected chi connectivity index (χ3v) is 3.97. The molecule has 1 nitrogen and oxygen atoms in total. The molecule has 0 saturated carbocycles. The van der Waals surface area contributed by atoms with Gasteiger partial charge in [-0.3, -0.25) is 0 Å². The van der Waals surface area contributed by atoms with Gasteiger partial charge in [-0.25, -0.2) is 0 Å². The molecule has 14 heavy (non-hydrogen) atoms. The summed E-state index contributed by atoms with van der Waals surface area (Å²) in [6, 6.07) is 0. The molecule has 0 aliphatic rings. The summed E-state index contributed by atoms with van der Waals surface area (Å²) in [6.45, 7) is 8.94. The first-order valence-corrected chi connectivity index (χ1v) is 6.32. The topological polar surface area (TPSA) is 20.2 Å². The molecule has 0 aromatic heterocycles. The Morgan fingerprint density at radius 2 is 1.50 bits per heavy atom. The molecular formula is C13H28O. The summed E-state index contributed by atoms with van der Waals surface area (Å²) in [5.41, 5.74) is 0.549. The fourth-order valence-corrected chi connectivity index (χ4v) is 2.20. The van der Waals surface area contributed by atoms with Crippen LogP contribution in [0.2, 0.25) is 0 Å². The summed E-state index contributed by atoms with van der Waals surface area (Å²) in [5, 5.41) is 9.47. The number of aliphatic hydroxyl groups excluding tert-OH is 1. The highest BCUT2D eigenvalue weighted by Crippen LogP contribution is 2.36. The van der Waals surface area contributed by atoms with Crippen molar-refractivity contribution < 1.29 is 5.11 Å². The molecule has 0 aliphatic carbocycles. The van der Waals surface area contributed by atoms with Gasteiger partial charge in [-0.15, -0.1) is 0 Å². The van der Waals surface area contributed by atoms with E-state index in [2.05, 4.69) is 27.7 Å². The molecule has 0 saturated heterocycles. The van der Waals surface area contributed by atoms with Crippen LogP contribution in [0.15, 0.2) is 0 Å². The van der Waals surface area contributed by atoms with E-state index in [4.69, 9.17) is 0 Å². The Morgan fingerprint density at radius 3 is 1.86 bits per heavy atom. The Hall–Kier alpha value is -0.0400. The van der Waals surface area contributed by atoms with Crippen LogP contribution in [-0.4, -0.2) is 11.2 Å². The smallest absolute Gasteiger partial charge is 0.0537 e. The fraction of sp³-hybridized carbons (Fsp3) is 1.00. The first kappa shape index (κ1) is 14.0. The van der Waals surface area contributed by atoms with Gasteiger partial charge < -0.3 is 5.11 Å². The van der Waals surface area contributed by atoms with Crippen LogP contribution in [0.5, 0.6) is 0 Å². The summed E-state index contributed by atoms with van der Waals surface area (Å²) in [6.07, 6.45) is 8.12. The molecule has 0 rings (SSSR count). The van der Waals surface area contributed by atoms with Gasteiger partial charge in [-0.05, 0) is 24.7 Å². The van der Waals surface area contributed by atoms with Crippen molar-refractivity contribution in [3.05, 3.63) is 0 Å². The third kappa shape index (κ3) is 4.45. The average molecular weight is 200 g/mol. The molecule has 86 valence electrons. The van der Waals surface area contributed by atoms with Crippen molar-refractivity contribution in [3.63, 3.8) is 0 Å². The van der Waals surface area contributed by atoms with E-state index >= 15 is 0 Å². The van der Waals surface area contributed by atoms with E-state index in [1.165, 1.54) is 32.1 Å². The van der Waals surface area contributed by atoms with E-state index in [0.717, 1.165) is 12.8 Å². The Kier molecular flexibility index (Phi) is 7.26. The van der Waals surface area contributed by atoms with Crippen molar-refractivity contribution in [3.8, 4) is 0 Å². The lowest BCUT2D eigenvalue weighted by molar-refractivity contribution is 0.142. The standard InChI is InChI=1S/C13H28O/c1-5-12(14)10-9-11-13(6-2,7-3)8-4/h12,14H,5-11H2,1-4H3. The third-order valence-electron chi connectivity index (χ3n) is 3.97. The second-order valence-electron chi connectivity index (χ2n) is 4.51. The Labute approximate surface area is 89.9 Å². The highest BCUT2D eigenvalue weighted by atomic mass is 16.3. The molecule has 1 atom stereocenters. The Morgan fingerprint density at radius 1 is 1.00 bits per heavy atom. The van der Waals surface area contributed by atoms with Crippen molar-refractivity contribution in [2.24, 2.45) is 5.41 Å². The minimum absolute atomic E-state index is 0.0710. The molecule has 0 amide bonds. The quantitative estimate of drug-likeness (QED) is 0.624. The van der Waals surface area contributed by atoms with Gasteiger partial charge in [0.1, 0.15) is 0 Å². The highest BCUT2D eigenvalue weighted by Gasteiger charge is 2.23. The average Bonchev–Trinajstić information content (AvgIpc) is 2.25. The lowest BCUT2D eigenvalue weighted by atomic mass is 9.75. The van der Waals surface area contributed by atoms with E-state index in [0.29, 0.717) is 5.41 Å². The van der Waals surface area contributed by atoms with Crippen LogP contribution in [0, 0.1) is 5.41 Å². The zero-order valence-electron chi connectivity index (χ0n) is 10.5. The van der Waals surface area contributed by atoms with Gasteiger partial charge in [0, 0.05) is 0 Å². The van der Waals surface area contributed by atoms with Gasteiger partial charge in [0.2, 0.25) is 0 Å². The summed E-state index contributed by atoms with van der Waals surface area (Å²) in [4.78, 5) is 0. The van der Waals surface area contributed by atoms with Crippen molar-refractivity contribution in [1.82, 2.24) is 0 Å². The van der Waals surface area contributed by atoms with E-state index in [1.807, 2.05) is 0 Å². The van der Waals surface area contributed by atoms with Crippen molar-refractivity contribution in [1.29, 1.82) is 0 Å². The van der Waals surface area contributed by atoms with Crippen LogP contribution >= 0.6 is 0 Å². The summed E-state index contributed by atoms with van der Waals surface area (Å²) in [7, 11) is 0. The molecule has 1 N–H and O–H groups in total. The van der Waals surface area contributed by atoms with Crippen LogP contribution < -0.4 is 0 Å². The van der Waals surface area contributed by atoms with Gasteiger partial charge in [0.05, 0.1) is 6.10 Å². The lowest BCUT2D eigenvalue weighted by Crippen LogP contribution is -2.18. The molecular weight excluding hydrogens is 172 g/mol. The molecule has 1 heteroatoms. The molecule has 0 heterocycles. The van der Waals surface area contributed by atoms with Crippen LogP contribution in [-0.2, 0) is 0 Å². The molecule has 0 bridgehead atoms. The second kappa shape index (κ2) is 7.28. The first-order valence-electron chi connectivity index (χ1n) is 6.32. The molecule has 0 aliphatic heterocycles. The molecule has 0 fully saturated rings. The summed E-state index contributed by atoms with van der Waals surface area (Å²) >= 11 is 0. The summed E-state index contributed by atoms with van der Waals surface area (Å²) in [5.74, 6) is 0. The van der Waals surface area contributed by atoms with Gasteiger partial charge in [-0.2, -0.15) is 0 Å². The number of aliphatic hydroxyl groups is 1. The Balaban J connectivity index is 3.82. The maximum absolute atomic E-state index is 9.47. The molecule has 0 aromatic rings.